The van der Waals surface area contributed by atoms with Crippen LogP contribution in [-0.4, -0.2) is 17.0 Å². The molecule has 0 radical (unpaired) electrons. The Hall–Kier alpha value is -1.16. The number of halogens is 1. The number of rotatable bonds is 5. The molecule has 2 rings (SSSR count). The first-order valence-electron chi connectivity index (χ1n) is 5.60. The molecule has 0 atom stereocenters. The van der Waals surface area contributed by atoms with E-state index in [1.165, 1.54) is 0 Å². The van der Waals surface area contributed by atoms with Crippen LogP contribution >= 0.6 is 15.9 Å². The van der Waals surface area contributed by atoms with Crippen LogP contribution in [0, 0.1) is 5.41 Å². The SMILES string of the molecule is O=C(CBr)C1(C(=O)NCc2ccccc2)CC1. The summed E-state index contributed by atoms with van der Waals surface area (Å²) >= 11 is 3.13. The summed E-state index contributed by atoms with van der Waals surface area (Å²) in [5.41, 5.74) is 0.307. The van der Waals surface area contributed by atoms with E-state index in [0.717, 1.165) is 5.56 Å². The monoisotopic (exact) mass is 295 g/mol. The van der Waals surface area contributed by atoms with E-state index in [1.807, 2.05) is 30.3 Å². The summed E-state index contributed by atoms with van der Waals surface area (Å²) in [5, 5.41) is 3.09. The minimum Gasteiger partial charge on any atom is -0.351 e. The number of Topliss-reactive ketones (excluding diaryl/α,β-unsaturated/α-hetero) is 1. The minimum absolute atomic E-state index is 0.0111. The number of hydrogen-bond acceptors (Lipinski definition) is 2. The molecule has 1 aromatic rings. The number of benzene rings is 1. The number of carbonyl (C=O) groups excluding carboxylic acids is 2. The third-order valence-electron chi connectivity index (χ3n) is 3.14. The second-order valence-corrected chi connectivity index (χ2v) is 4.87. The van der Waals surface area contributed by atoms with E-state index in [9.17, 15) is 9.59 Å². The van der Waals surface area contributed by atoms with Crippen molar-refractivity contribution in [2.45, 2.75) is 19.4 Å². The van der Waals surface area contributed by atoms with E-state index in [2.05, 4.69) is 21.2 Å². The van der Waals surface area contributed by atoms with Crippen LogP contribution in [0.1, 0.15) is 18.4 Å². The Bertz CT molecular complexity index is 426. The smallest absolute Gasteiger partial charge is 0.233 e. The van der Waals surface area contributed by atoms with Gasteiger partial charge in [0, 0.05) is 6.54 Å². The molecule has 3 nitrogen and oxygen atoms in total. The normalized spacial score (nSPS) is 16.3. The Morgan fingerprint density at radius 2 is 1.88 bits per heavy atom. The molecule has 1 aliphatic carbocycles. The molecule has 1 aromatic carbocycles. The van der Waals surface area contributed by atoms with Crippen LogP contribution in [0.4, 0.5) is 0 Å². The molecular formula is C13H14BrNO2. The zero-order valence-corrected chi connectivity index (χ0v) is 11.0. The maximum atomic E-state index is 11.9. The third kappa shape index (κ3) is 2.57. The van der Waals surface area contributed by atoms with Crippen molar-refractivity contribution in [1.29, 1.82) is 0 Å². The van der Waals surface area contributed by atoms with Crippen LogP contribution in [-0.2, 0) is 16.1 Å². The van der Waals surface area contributed by atoms with Crippen molar-refractivity contribution in [3.05, 3.63) is 35.9 Å². The Kier molecular flexibility index (Phi) is 3.62. The summed E-state index contributed by atoms with van der Waals surface area (Å²) in [7, 11) is 0. The van der Waals surface area contributed by atoms with Gasteiger partial charge in [0.15, 0.2) is 5.78 Å². The van der Waals surface area contributed by atoms with Gasteiger partial charge in [-0.05, 0) is 18.4 Å². The highest BCUT2D eigenvalue weighted by atomic mass is 79.9. The molecule has 0 saturated heterocycles. The van der Waals surface area contributed by atoms with Crippen LogP contribution in [0.2, 0.25) is 0 Å². The van der Waals surface area contributed by atoms with Crippen LogP contribution in [0.25, 0.3) is 0 Å². The fourth-order valence-corrected chi connectivity index (χ4v) is 2.37. The van der Waals surface area contributed by atoms with Crippen molar-refractivity contribution in [3.63, 3.8) is 0 Å². The molecule has 1 aliphatic rings. The molecule has 0 spiro atoms. The number of carbonyl (C=O) groups is 2. The van der Waals surface area contributed by atoms with E-state index in [-0.39, 0.29) is 17.0 Å². The number of ketones is 1. The summed E-state index contributed by atoms with van der Waals surface area (Å²) in [6.45, 7) is 0.483. The highest BCUT2D eigenvalue weighted by Crippen LogP contribution is 2.47. The molecule has 0 heterocycles. The predicted molar refractivity (Wildman–Crippen MR) is 68.8 cm³/mol. The molecule has 1 fully saturated rings. The Morgan fingerprint density at radius 1 is 1.24 bits per heavy atom. The van der Waals surface area contributed by atoms with Gasteiger partial charge >= 0.3 is 0 Å². The highest BCUT2D eigenvalue weighted by Gasteiger charge is 2.55. The Balaban J connectivity index is 1.92. The summed E-state index contributed by atoms with van der Waals surface area (Å²) in [4.78, 5) is 23.6. The summed E-state index contributed by atoms with van der Waals surface area (Å²) in [6, 6.07) is 9.69. The molecule has 17 heavy (non-hydrogen) atoms. The van der Waals surface area contributed by atoms with Gasteiger partial charge in [-0.25, -0.2) is 0 Å². The summed E-state index contributed by atoms with van der Waals surface area (Å²) < 4.78 is 0. The number of nitrogens with one attached hydrogen (secondary N) is 1. The van der Waals surface area contributed by atoms with Crippen molar-refractivity contribution in [2.75, 3.05) is 5.33 Å². The van der Waals surface area contributed by atoms with E-state index in [0.29, 0.717) is 19.4 Å². The molecule has 0 unspecified atom stereocenters. The minimum atomic E-state index is -0.738. The second-order valence-electron chi connectivity index (χ2n) is 4.31. The number of hydrogen-bond donors (Lipinski definition) is 1. The first-order chi connectivity index (χ1) is 8.19. The average Bonchev–Trinajstić information content (AvgIpc) is 3.17. The van der Waals surface area contributed by atoms with Crippen molar-refractivity contribution in [1.82, 2.24) is 5.32 Å². The van der Waals surface area contributed by atoms with Gasteiger partial charge in [-0.1, -0.05) is 46.3 Å². The number of alkyl halides is 1. The molecular weight excluding hydrogens is 282 g/mol. The molecule has 1 amide bonds. The quantitative estimate of drug-likeness (QED) is 0.667. The predicted octanol–water partition coefficient (Wildman–Crippen LogP) is 2.05. The van der Waals surface area contributed by atoms with Crippen LogP contribution < -0.4 is 5.32 Å². The van der Waals surface area contributed by atoms with E-state index in [1.54, 1.807) is 0 Å². The summed E-state index contributed by atoms with van der Waals surface area (Å²) in [5.74, 6) is -0.145. The molecule has 90 valence electrons. The van der Waals surface area contributed by atoms with Gasteiger partial charge < -0.3 is 5.32 Å². The van der Waals surface area contributed by atoms with E-state index < -0.39 is 5.41 Å². The van der Waals surface area contributed by atoms with Crippen molar-refractivity contribution >= 4 is 27.6 Å². The van der Waals surface area contributed by atoms with Gasteiger partial charge in [0.2, 0.25) is 5.91 Å². The largest absolute Gasteiger partial charge is 0.351 e. The standard InChI is InChI=1S/C13H14BrNO2/c14-8-11(16)13(6-7-13)12(17)15-9-10-4-2-1-3-5-10/h1-5H,6-9H2,(H,15,17). The van der Waals surface area contributed by atoms with Crippen molar-refractivity contribution in [2.24, 2.45) is 5.41 Å². The van der Waals surface area contributed by atoms with E-state index in [4.69, 9.17) is 0 Å². The zero-order chi connectivity index (χ0) is 12.3. The lowest BCUT2D eigenvalue weighted by Gasteiger charge is -2.12. The first kappa shape index (κ1) is 12.3. The molecule has 0 aliphatic heterocycles. The maximum absolute atomic E-state index is 11.9. The molecule has 4 heteroatoms. The zero-order valence-electron chi connectivity index (χ0n) is 9.41. The highest BCUT2D eigenvalue weighted by molar-refractivity contribution is 9.09. The maximum Gasteiger partial charge on any atom is 0.233 e. The summed E-state index contributed by atoms with van der Waals surface area (Å²) in [6.07, 6.45) is 1.36. The Labute approximate surface area is 109 Å². The molecule has 1 N–H and O–H groups in total. The van der Waals surface area contributed by atoms with Gasteiger partial charge in [-0.2, -0.15) is 0 Å². The van der Waals surface area contributed by atoms with Crippen molar-refractivity contribution in [3.8, 4) is 0 Å². The van der Waals surface area contributed by atoms with Crippen LogP contribution in [0.3, 0.4) is 0 Å². The lowest BCUT2D eigenvalue weighted by Crippen LogP contribution is -2.37. The van der Waals surface area contributed by atoms with Crippen molar-refractivity contribution < 1.29 is 9.59 Å². The molecule has 0 bridgehead atoms. The topological polar surface area (TPSA) is 46.2 Å². The van der Waals surface area contributed by atoms with Crippen LogP contribution in [0.5, 0.6) is 0 Å². The molecule has 0 aromatic heterocycles. The van der Waals surface area contributed by atoms with Gasteiger partial charge in [0.05, 0.1) is 5.33 Å². The fraction of sp³-hybridized carbons (Fsp3) is 0.385. The lowest BCUT2D eigenvalue weighted by atomic mass is 10.0. The van der Waals surface area contributed by atoms with Gasteiger partial charge in [-0.3, -0.25) is 9.59 Å². The lowest BCUT2D eigenvalue weighted by molar-refractivity contribution is -0.134. The van der Waals surface area contributed by atoms with E-state index >= 15 is 0 Å². The van der Waals surface area contributed by atoms with Gasteiger partial charge in [0.25, 0.3) is 0 Å². The first-order valence-corrected chi connectivity index (χ1v) is 6.73. The van der Waals surface area contributed by atoms with Crippen LogP contribution in [0.15, 0.2) is 30.3 Å². The Morgan fingerprint density at radius 3 is 2.41 bits per heavy atom. The third-order valence-corrected chi connectivity index (χ3v) is 3.64. The van der Waals surface area contributed by atoms with Gasteiger partial charge in [-0.15, -0.1) is 0 Å². The molecule has 1 saturated carbocycles. The number of amides is 1. The van der Waals surface area contributed by atoms with Gasteiger partial charge in [0.1, 0.15) is 5.41 Å². The second kappa shape index (κ2) is 5.00. The average molecular weight is 296 g/mol. The fourth-order valence-electron chi connectivity index (χ4n) is 1.83.